The van der Waals surface area contributed by atoms with Crippen molar-refractivity contribution in [2.24, 2.45) is 0 Å². The molecule has 0 aliphatic rings. The topological polar surface area (TPSA) is 16.4 Å². The number of anilines is 3. The van der Waals surface area contributed by atoms with Gasteiger partial charge in [-0.2, -0.15) is 0 Å². The number of hydrogen-bond acceptors (Lipinski definition) is 2. The van der Waals surface area contributed by atoms with Crippen LogP contribution in [0.15, 0.2) is 217 Å². The molecule has 0 spiro atoms. The number of nitrogens with zero attached hydrogens (tertiary/aromatic N) is 1. The van der Waals surface area contributed by atoms with Gasteiger partial charge in [0.25, 0.3) is 0 Å². The second-order valence-corrected chi connectivity index (χ2v) is 13.7. The molecular weight excluding hydrogens is 655 g/mol. The summed E-state index contributed by atoms with van der Waals surface area (Å²) in [4.78, 5) is 2.32. The molecule has 0 saturated carbocycles. The van der Waals surface area contributed by atoms with Crippen LogP contribution in [0.5, 0.6) is 0 Å². The third-order valence-electron chi connectivity index (χ3n) is 10.5. The highest BCUT2D eigenvalue weighted by Crippen LogP contribution is 2.43. The van der Waals surface area contributed by atoms with E-state index in [1.165, 1.54) is 32.7 Å². The van der Waals surface area contributed by atoms with Crippen LogP contribution in [0.3, 0.4) is 0 Å². The van der Waals surface area contributed by atoms with Crippen molar-refractivity contribution in [2.45, 2.75) is 0 Å². The molecule has 1 aromatic heterocycles. The Bertz CT molecular complexity index is 2910. The number of fused-ring (bicyclic) bond motifs is 4. The Kier molecular flexibility index (Phi) is 7.85. The van der Waals surface area contributed by atoms with E-state index in [-0.39, 0.29) is 0 Å². The molecular formula is C52H35NO. The molecule has 9 aromatic carbocycles. The molecule has 0 atom stereocenters. The molecule has 2 heteroatoms. The summed E-state index contributed by atoms with van der Waals surface area (Å²) in [7, 11) is 0. The maximum absolute atomic E-state index is 6.55. The summed E-state index contributed by atoms with van der Waals surface area (Å²) in [6.07, 6.45) is 0. The van der Waals surface area contributed by atoms with Crippen LogP contribution in [0, 0.1) is 0 Å². The molecule has 2 nitrogen and oxygen atoms in total. The molecule has 0 saturated heterocycles. The SMILES string of the molecule is c1ccc(-c2c(-c3cccc(-c4ccc(N(c5ccccc5)c5ccc(-c6cc7ccccc7c7ccccc67)cc5)cc4)c3)oc3ccccc23)cc1. The lowest BCUT2D eigenvalue weighted by Gasteiger charge is -2.26. The minimum atomic E-state index is 0.885. The summed E-state index contributed by atoms with van der Waals surface area (Å²) in [5.41, 5.74) is 12.2. The van der Waals surface area contributed by atoms with Gasteiger partial charge in [-0.1, -0.05) is 158 Å². The highest BCUT2D eigenvalue weighted by atomic mass is 16.3. The molecule has 0 fully saturated rings. The van der Waals surface area contributed by atoms with Gasteiger partial charge in [0.05, 0.1) is 0 Å². The molecule has 0 aliphatic heterocycles. The second-order valence-electron chi connectivity index (χ2n) is 13.7. The van der Waals surface area contributed by atoms with E-state index in [4.69, 9.17) is 4.42 Å². The molecule has 54 heavy (non-hydrogen) atoms. The van der Waals surface area contributed by atoms with Crippen LogP contribution in [0.2, 0.25) is 0 Å². The van der Waals surface area contributed by atoms with Crippen molar-refractivity contribution in [3.05, 3.63) is 212 Å². The fourth-order valence-electron chi connectivity index (χ4n) is 7.89. The molecule has 1 heterocycles. The highest BCUT2D eigenvalue weighted by Gasteiger charge is 2.19. The molecule has 254 valence electrons. The molecule has 0 N–H and O–H groups in total. The zero-order chi connectivity index (χ0) is 35.8. The zero-order valence-electron chi connectivity index (χ0n) is 29.6. The predicted octanol–water partition coefficient (Wildman–Crippen LogP) is 14.9. The van der Waals surface area contributed by atoms with Crippen molar-refractivity contribution in [3.63, 3.8) is 0 Å². The van der Waals surface area contributed by atoms with Crippen molar-refractivity contribution < 1.29 is 4.42 Å². The lowest BCUT2D eigenvalue weighted by molar-refractivity contribution is 0.632. The molecule has 0 bridgehead atoms. The van der Waals surface area contributed by atoms with E-state index in [1.54, 1.807) is 0 Å². The Morgan fingerprint density at radius 1 is 0.315 bits per heavy atom. The van der Waals surface area contributed by atoms with Crippen LogP contribution in [0.1, 0.15) is 0 Å². The van der Waals surface area contributed by atoms with Gasteiger partial charge in [0, 0.05) is 33.6 Å². The van der Waals surface area contributed by atoms with Gasteiger partial charge in [-0.3, -0.25) is 0 Å². The summed E-state index contributed by atoms with van der Waals surface area (Å²) in [6.45, 7) is 0. The van der Waals surface area contributed by atoms with Crippen molar-refractivity contribution in [1.29, 1.82) is 0 Å². The second kappa shape index (κ2) is 13.4. The predicted molar refractivity (Wildman–Crippen MR) is 228 cm³/mol. The fourth-order valence-corrected chi connectivity index (χ4v) is 7.89. The van der Waals surface area contributed by atoms with Crippen molar-refractivity contribution in [2.75, 3.05) is 4.90 Å². The van der Waals surface area contributed by atoms with Gasteiger partial charge in [0.2, 0.25) is 0 Å². The van der Waals surface area contributed by atoms with E-state index >= 15 is 0 Å². The number of hydrogen-bond donors (Lipinski definition) is 0. The third-order valence-corrected chi connectivity index (χ3v) is 10.5. The van der Waals surface area contributed by atoms with E-state index in [1.807, 2.05) is 12.1 Å². The number of furan rings is 1. The lowest BCUT2D eigenvalue weighted by Crippen LogP contribution is -2.09. The van der Waals surface area contributed by atoms with Crippen molar-refractivity contribution >= 4 is 49.6 Å². The van der Waals surface area contributed by atoms with Crippen LogP contribution >= 0.6 is 0 Å². The van der Waals surface area contributed by atoms with Gasteiger partial charge >= 0.3 is 0 Å². The summed E-state index contributed by atoms with van der Waals surface area (Å²) >= 11 is 0. The fraction of sp³-hybridized carbons (Fsp3) is 0. The van der Waals surface area contributed by atoms with E-state index in [0.29, 0.717) is 0 Å². The van der Waals surface area contributed by atoms with Crippen LogP contribution < -0.4 is 4.90 Å². The van der Waals surface area contributed by atoms with E-state index in [0.717, 1.165) is 61.6 Å². The molecule has 0 amide bonds. The number of para-hydroxylation sites is 2. The van der Waals surface area contributed by atoms with Crippen LogP contribution in [0.4, 0.5) is 17.1 Å². The maximum Gasteiger partial charge on any atom is 0.143 e. The Morgan fingerprint density at radius 3 is 1.59 bits per heavy atom. The first-order valence-corrected chi connectivity index (χ1v) is 18.4. The average Bonchev–Trinajstić information content (AvgIpc) is 3.65. The minimum Gasteiger partial charge on any atom is -0.455 e. The summed E-state index contributed by atoms with van der Waals surface area (Å²) in [6, 6.07) is 75.7. The van der Waals surface area contributed by atoms with E-state index < -0.39 is 0 Å². The number of benzene rings is 9. The normalized spacial score (nSPS) is 11.3. The quantitative estimate of drug-likeness (QED) is 0.155. The van der Waals surface area contributed by atoms with Gasteiger partial charge in [-0.15, -0.1) is 0 Å². The molecule has 0 unspecified atom stereocenters. The van der Waals surface area contributed by atoms with Crippen LogP contribution in [-0.2, 0) is 0 Å². The van der Waals surface area contributed by atoms with E-state index in [2.05, 4.69) is 205 Å². The molecule has 0 aliphatic carbocycles. The Hall–Kier alpha value is -7.16. The zero-order valence-corrected chi connectivity index (χ0v) is 29.6. The van der Waals surface area contributed by atoms with Gasteiger partial charge in [0.1, 0.15) is 11.3 Å². The van der Waals surface area contributed by atoms with Crippen LogP contribution in [0.25, 0.3) is 77.2 Å². The summed E-state index contributed by atoms with van der Waals surface area (Å²) < 4.78 is 6.55. The largest absolute Gasteiger partial charge is 0.455 e. The first-order chi connectivity index (χ1) is 26.8. The lowest BCUT2D eigenvalue weighted by atomic mass is 9.93. The van der Waals surface area contributed by atoms with Crippen molar-refractivity contribution in [3.8, 4) is 44.7 Å². The standard InChI is InChI=1S/C52H35NO/c1-3-14-38(15-4-1)51-48-24-11-12-25-50(48)54-52(51)41-18-13-17-39(34-41)36-26-30-43(31-27-36)53(42-19-5-2-6-20-42)44-32-28-37(29-33-44)49-35-40-16-7-8-21-45(40)46-22-9-10-23-47(46)49/h1-35H. The Morgan fingerprint density at radius 2 is 0.852 bits per heavy atom. The minimum absolute atomic E-state index is 0.885. The molecule has 0 radical (unpaired) electrons. The molecule has 10 rings (SSSR count). The summed E-state index contributed by atoms with van der Waals surface area (Å²) in [5, 5.41) is 6.19. The highest BCUT2D eigenvalue weighted by molar-refractivity contribution is 6.13. The van der Waals surface area contributed by atoms with E-state index in [9.17, 15) is 0 Å². The first kappa shape index (κ1) is 31.6. The smallest absolute Gasteiger partial charge is 0.143 e. The van der Waals surface area contributed by atoms with Gasteiger partial charge in [-0.25, -0.2) is 0 Å². The van der Waals surface area contributed by atoms with Crippen molar-refractivity contribution in [1.82, 2.24) is 0 Å². The molecule has 10 aromatic rings. The maximum atomic E-state index is 6.55. The average molecular weight is 690 g/mol. The first-order valence-electron chi connectivity index (χ1n) is 18.4. The number of rotatable bonds is 7. The van der Waals surface area contributed by atoms with Gasteiger partial charge in [-0.05, 0) is 104 Å². The van der Waals surface area contributed by atoms with Gasteiger partial charge < -0.3 is 9.32 Å². The summed E-state index contributed by atoms with van der Waals surface area (Å²) in [5.74, 6) is 0.885. The third kappa shape index (κ3) is 5.62. The van der Waals surface area contributed by atoms with Crippen LogP contribution in [-0.4, -0.2) is 0 Å². The Balaban J connectivity index is 1.01. The Labute approximate surface area is 314 Å². The monoisotopic (exact) mass is 689 g/mol. The van der Waals surface area contributed by atoms with Gasteiger partial charge in [0.15, 0.2) is 0 Å².